The summed E-state index contributed by atoms with van der Waals surface area (Å²) in [5, 5.41) is 0.979. The second kappa shape index (κ2) is 6.18. The van der Waals surface area contributed by atoms with Crippen LogP contribution in [-0.2, 0) is 4.74 Å². The van der Waals surface area contributed by atoms with Crippen LogP contribution in [0.1, 0.15) is 62.9 Å². The zero-order chi connectivity index (χ0) is 13.1. The third-order valence-electron chi connectivity index (χ3n) is 3.41. The van der Waals surface area contributed by atoms with Crippen molar-refractivity contribution in [2.75, 3.05) is 6.61 Å². The smallest absolute Gasteiger partial charge is 0.160 e. The van der Waals surface area contributed by atoms with Gasteiger partial charge in [0.2, 0.25) is 0 Å². The lowest BCUT2D eigenvalue weighted by Crippen LogP contribution is -2.08. The van der Waals surface area contributed by atoms with Crippen LogP contribution in [0.25, 0.3) is 0 Å². The highest BCUT2D eigenvalue weighted by atomic mass is 35.5. The summed E-state index contributed by atoms with van der Waals surface area (Å²) in [4.78, 5) is 8.68. The van der Waals surface area contributed by atoms with Crippen LogP contribution in [0.4, 0.5) is 0 Å². The van der Waals surface area contributed by atoms with Crippen LogP contribution in [0.2, 0.25) is 10.3 Å². The van der Waals surface area contributed by atoms with Crippen molar-refractivity contribution in [2.45, 2.75) is 51.6 Å². The molecule has 3 nitrogen and oxygen atoms in total. The molecule has 0 bridgehead atoms. The Morgan fingerprint density at radius 2 is 1.78 bits per heavy atom. The quantitative estimate of drug-likeness (QED) is 0.763. The van der Waals surface area contributed by atoms with E-state index in [1.165, 1.54) is 12.8 Å². The minimum atomic E-state index is -0.178. The Kier molecular flexibility index (Phi) is 4.82. The molecule has 5 heteroatoms. The van der Waals surface area contributed by atoms with Gasteiger partial charge in [-0.3, -0.25) is 0 Å². The summed E-state index contributed by atoms with van der Waals surface area (Å²) in [6.07, 6.45) is 4.54. The number of rotatable bonds is 4. The van der Waals surface area contributed by atoms with E-state index in [1.54, 1.807) is 0 Å². The van der Waals surface area contributed by atoms with Gasteiger partial charge in [-0.15, -0.1) is 0 Å². The molecule has 0 amide bonds. The van der Waals surface area contributed by atoms with Gasteiger partial charge in [0.25, 0.3) is 0 Å². The molecule has 18 heavy (non-hydrogen) atoms. The lowest BCUT2D eigenvalue weighted by atomic mass is 10.0. The van der Waals surface area contributed by atoms with Crippen LogP contribution in [0.5, 0.6) is 0 Å². The van der Waals surface area contributed by atoms with Gasteiger partial charge in [0.15, 0.2) is 5.82 Å². The summed E-state index contributed by atoms with van der Waals surface area (Å²) in [6, 6.07) is 0. The van der Waals surface area contributed by atoms with Crippen molar-refractivity contribution in [1.82, 2.24) is 9.97 Å². The normalized spacial score (nSPS) is 18.2. The molecule has 0 saturated heterocycles. The molecule has 2 rings (SSSR count). The van der Waals surface area contributed by atoms with Crippen LogP contribution < -0.4 is 0 Å². The number of halogens is 2. The largest absolute Gasteiger partial charge is 0.371 e. The number of ether oxygens (including phenoxy) is 1. The molecule has 1 aliphatic carbocycles. The van der Waals surface area contributed by atoms with Crippen molar-refractivity contribution < 1.29 is 4.74 Å². The molecular weight excluding hydrogens is 271 g/mol. The first-order valence-electron chi connectivity index (χ1n) is 6.48. The van der Waals surface area contributed by atoms with Gasteiger partial charge < -0.3 is 4.74 Å². The van der Waals surface area contributed by atoms with E-state index in [-0.39, 0.29) is 6.10 Å². The van der Waals surface area contributed by atoms with E-state index >= 15 is 0 Å². The Bertz CT molecular complexity index is 396. The molecule has 1 heterocycles. The maximum atomic E-state index is 6.27. The maximum Gasteiger partial charge on any atom is 0.160 e. The molecule has 1 aliphatic rings. The van der Waals surface area contributed by atoms with Crippen molar-refractivity contribution in [3.05, 3.63) is 21.7 Å². The standard InChI is InChI=1S/C13H18Cl2N2O/c1-3-18-8(2)13-16-11(14)10(12(15)17-13)9-6-4-5-7-9/h8-9H,3-7H2,1-2H3. The van der Waals surface area contributed by atoms with Crippen molar-refractivity contribution in [2.24, 2.45) is 0 Å². The molecule has 1 aromatic rings. The van der Waals surface area contributed by atoms with Gasteiger partial charge in [0.1, 0.15) is 16.4 Å². The molecule has 0 aromatic carbocycles. The predicted molar refractivity (Wildman–Crippen MR) is 73.3 cm³/mol. The minimum absolute atomic E-state index is 0.178. The van der Waals surface area contributed by atoms with Crippen molar-refractivity contribution >= 4 is 23.2 Å². The van der Waals surface area contributed by atoms with E-state index in [4.69, 9.17) is 27.9 Å². The molecule has 100 valence electrons. The van der Waals surface area contributed by atoms with E-state index in [0.29, 0.717) is 28.7 Å². The fourth-order valence-electron chi connectivity index (χ4n) is 2.49. The monoisotopic (exact) mass is 288 g/mol. The zero-order valence-electron chi connectivity index (χ0n) is 10.7. The van der Waals surface area contributed by atoms with Crippen molar-refractivity contribution in [1.29, 1.82) is 0 Å². The van der Waals surface area contributed by atoms with Gasteiger partial charge in [0.05, 0.1) is 0 Å². The van der Waals surface area contributed by atoms with Gasteiger partial charge in [-0.2, -0.15) is 0 Å². The Morgan fingerprint density at radius 1 is 1.22 bits per heavy atom. The minimum Gasteiger partial charge on any atom is -0.371 e. The summed E-state index contributed by atoms with van der Waals surface area (Å²) in [5.74, 6) is 0.982. The van der Waals surface area contributed by atoms with Crippen LogP contribution in [-0.4, -0.2) is 16.6 Å². The van der Waals surface area contributed by atoms with E-state index in [2.05, 4.69) is 9.97 Å². The van der Waals surface area contributed by atoms with Crippen LogP contribution in [0.3, 0.4) is 0 Å². The molecule has 1 fully saturated rings. The average molecular weight is 289 g/mol. The lowest BCUT2D eigenvalue weighted by molar-refractivity contribution is 0.0700. The van der Waals surface area contributed by atoms with Crippen molar-refractivity contribution in [3.8, 4) is 0 Å². The summed E-state index contributed by atoms with van der Waals surface area (Å²) in [6.45, 7) is 4.46. The van der Waals surface area contributed by atoms with Crippen LogP contribution in [0, 0.1) is 0 Å². The van der Waals surface area contributed by atoms with E-state index in [9.17, 15) is 0 Å². The molecule has 0 radical (unpaired) electrons. The third-order valence-corrected chi connectivity index (χ3v) is 3.99. The van der Waals surface area contributed by atoms with Gasteiger partial charge in [0, 0.05) is 12.2 Å². The van der Waals surface area contributed by atoms with Crippen molar-refractivity contribution in [3.63, 3.8) is 0 Å². The number of hydrogen-bond donors (Lipinski definition) is 0. The zero-order valence-corrected chi connectivity index (χ0v) is 12.3. The Morgan fingerprint density at radius 3 is 2.28 bits per heavy atom. The lowest BCUT2D eigenvalue weighted by Gasteiger charge is -2.16. The Labute approximate surface area is 118 Å². The highest BCUT2D eigenvalue weighted by molar-refractivity contribution is 6.34. The van der Waals surface area contributed by atoms with E-state index in [1.807, 2.05) is 13.8 Å². The first kappa shape index (κ1) is 14.0. The second-order valence-corrected chi connectivity index (χ2v) is 5.37. The molecule has 0 spiro atoms. The summed E-state index contributed by atoms with van der Waals surface area (Å²) < 4.78 is 5.46. The van der Waals surface area contributed by atoms with Gasteiger partial charge in [-0.05, 0) is 32.6 Å². The highest BCUT2D eigenvalue weighted by Crippen LogP contribution is 2.40. The Balaban J connectivity index is 2.28. The molecule has 1 aromatic heterocycles. The van der Waals surface area contributed by atoms with Crippen LogP contribution >= 0.6 is 23.2 Å². The number of aromatic nitrogens is 2. The fraction of sp³-hybridized carbons (Fsp3) is 0.692. The highest BCUT2D eigenvalue weighted by Gasteiger charge is 2.25. The van der Waals surface area contributed by atoms with Gasteiger partial charge >= 0.3 is 0 Å². The summed E-state index contributed by atoms with van der Waals surface area (Å²) in [5.41, 5.74) is 0.920. The second-order valence-electron chi connectivity index (χ2n) is 4.66. The fourth-order valence-corrected chi connectivity index (χ4v) is 3.20. The van der Waals surface area contributed by atoms with E-state index < -0.39 is 0 Å². The third kappa shape index (κ3) is 2.95. The van der Waals surface area contributed by atoms with Crippen LogP contribution in [0.15, 0.2) is 0 Å². The predicted octanol–water partition coefficient (Wildman–Crippen LogP) is 4.54. The number of hydrogen-bond acceptors (Lipinski definition) is 3. The maximum absolute atomic E-state index is 6.27. The first-order valence-corrected chi connectivity index (χ1v) is 7.23. The topological polar surface area (TPSA) is 35.0 Å². The Hall–Kier alpha value is -0.380. The first-order chi connectivity index (χ1) is 8.63. The van der Waals surface area contributed by atoms with Gasteiger partial charge in [-0.1, -0.05) is 36.0 Å². The molecule has 0 N–H and O–H groups in total. The SMILES string of the molecule is CCOC(C)c1nc(Cl)c(C2CCCC2)c(Cl)n1. The average Bonchev–Trinajstić information content (AvgIpc) is 2.82. The molecule has 0 aliphatic heterocycles. The molecule has 1 saturated carbocycles. The molecule has 1 unspecified atom stereocenters. The number of nitrogens with zero attached hydrogens (tertiary/aromatic N) is 2. The van der Waals surface area contributed by atoms with E-state index in [0.717, 1.165) is 18.4 Å². The summed E-state index contributed by atoms with van der Waals surface area (Å²) in [7, 11) is 0. The molecular formula is C13H18Cl2N2O. The van der Waals surface area contributed by atoms with Gasteiger partial charge in [-0.25, -0.2) is 9.97 Å². The molecule has 1 atom stereocenters. The summed E-state index contributed by atoms with van der Waals surface area (Å²) >= 11 is 12.5.